The van der Waals surface area contributed by atoms with Crippen molar-refractivity contribution in [2.24, 2.45) is 22.7 Å². The highest BCUT2D eigenvalue weighted by atomic mass is 32.2. The number of allylic oxidation sites excluding steroid dienone is 2. The molecule has 2 saturated heterocycles. The number of likely N-dealkylation sites (tertiary alicyclic amines) is 2. The van der Waals surface area contributed by atoms with Crippen LogP contribution in [0.25, 0.3) is 21.5 Å². The Hall–Kier alpha value is -9.46. The van der Waals surface area contributed by atoms with Crippen LogP contribution in [-0.2, 0) is 72.6 Å². The van der Waals surface area contributed by atoms with Gasteiger partial charge in [-0.3, -0.25) is 47.8 Å². The van der Waals surface area contributed by atoms with Crippen molar-refractivity contribution >= 4 is 101 Å². The molecule has 0 radical (unpaired) electrons. The first kappa shape index (κ1) is 75.7. The van der Waals surface area contributed by atoms with Gasteiger partial charge in [0.25, 0.3) is 0 Å². The number of Topliss-reactive ketones (excluding diaryl/α,β-unsaturated/α-hetero) is 2. The summed E-state index contributed by atoms with van der Waals surface area (Å²) in [6.07, 6.45) is 2.42. The summed E-state index contributed by atoms with van der Waals surface area (Å²) in [5.41, 5.74) is -4.63. The Morgan fingerprint density at radius 3 is 1.32 bits per heavy atom. The lowest BCUT2D eigenvalue weighted by molar-refractivity contribution is -0.146. The molecular weight excluding hydrogens is 1360 g/mol. The summed E-state index contributed by atoms with van der Waals surface area (Å²) < 4.78 is 93.4. The van der Waals surface area contributed by atoms with Gasteiger partial charge in [-0.25, -0.2) is 36.4 Å². The number of ether oxygens (including phenoxy) is 7. The van der Waals surface area contributed by atoms with Gasteiger partial charge >= 0.3 is 24.1 Å². The van der Waals surface area contributed by atoms with Crippen LogP contribution in [0.15, 0.2) is 86.2 Å². The molecule has 5 N–H and O–H groups in total. The van der Waals surface area contributed by atoms with E-state index < -0.39 is 179 Å². The van der Waals surface area contributed by atoms with E-state index in [2.05, 4.69) is 43.2 Å². The molecule has 0 unspecified atom stereocenters. The molecule has 4 saturated carbocycles. The highest BCUT2D eigenvalue weighted by Gasteiger charge is 2.63. The number of ketones is 2. The highest BCUT2D eigenvalue weighted by molar-refractivity contribution is 7.91. The second-order valence-electron chi connectivity index (χ2n) is 28.2. The summed E-state index contributed by atoms with van der Waals surface area (Å²) in [6.45, 7) is 16.9. The largest absolute Gasteiger partial charge is 0.497 e. The van der Waals surface area contributed by atoms with Gasteiger partial charge in [-0.2, -0.15) is 0 Å². The molecule has 6 aliphatic rings. The number of hydrogen-bond donors (Lipinski definition) is 5. The van der Waals surface area contributed by atoms with E-state index in [0.29, 0.717) is 48.0 Å². The summed E-state index contributed by atoms with van der Waals surface area (Å²) in [4.78, 5) is 144. The van der Waals surface area contributed by atoms with E-state index in [1.807, 2.05) is 0 Å². The fourth-order valence-electron chi connectivity index (χ4n) is 12.6. The molecule has 32 heteroatoms. The number of esters is 1. The van der Waals surface area contributed by atoms with Crippen molar-refractivity contribution in [3.8, 4) is 23.3 Å². The standard InChI is InChI=1S/C35H44N4O11S.C34H42N4O11S/c1-7-21-17-35(21,32(43)38-51(45,46)24-9-10-24)18-28(40)27-15-23(49-30-25-11-8-22(47-5)14-20(25)12-13-36-30)19-39(27)31(42)26(16-29(41)48-6)37-33(44)50-34(2,3)4;1-6-20-16-34(20,31(43)37-50(45,46)23-8-9-23)17-27(39)26-14-22(48-29-24-10-7-21(47-5)13-19(24)11-12-35-29)18-38(26)30(42)25(15-28(40)41)36-32(44)49-33(2,3)4/h7-8,11-14,21,23-24,26-27H,1,9-10,15-19H2,2-6H3,(H,37,44)(H,38,43);6-7,10-13,20,22-23,25-26H,1,8-9,14-18H2,2-5H3,(H,36,44)(H,37,43)(H,40,41)/t21-,23-,26+,27+,35-;20-,22-,25+,26+,34-/m11/s1. The lowest BCUT2D eigenvalue weighted by Gasteiger charge is -2.29. The lowest BCUT2D eigenvalue weighted by atomic mass is 9.91. The molecule has 0 bridgehead atoms. The van der Waals surface area contributed by atoms with Gasteiger partial charge in [0.15, 0.2) is 11.6 Å². The smallest absolute Gasteiger partial charge is 0.408 e. The summed E-state index contributed by atoms with van der Waals surface area (Å²) in [5, 5.41) is 15.9. The molecule has 4 aliphatic carbocycles. The topological polar surface area (TPSA) is 404 Å². The molecule has 101 heavy (non-hydrogen) atoms. The molecule has 6 amide bonds. The Labute approximate surface area is 584 Å². The number of methoxy groups -OCH3 is 3. The number of rotatable bonds is 28. The van der Waals surface area contributed by atoms with Crippen LogP contribution in [0.2, 0.25) is 0 Å². The average molecular weight is 1440 g/mol. The third-order valence-corrected chi connectivity index (χ3v) is 22.0. The van der Waals surface area contributed by atoms with Gasteiger partial charge in [-0.1, -0.05) is 12.2 Å². The first-order valence-electron chi connectivity index (χ1n) is 33.0. The van der Waals surface area contributed by atoms with E-state index in [9.17, 15) is 69.9 Å². The molecule has 4 aromatic rings. The highest BCUT2D eigenvalue weighted by Crippen LogP contribution is 2.58. The molecule has 2 aromatic heterocycles. The molecule has 30 nitrogen and oxygen atoms in total. The number of aliphatic carboxylic acids is 1. The van der Waals surface area contributed by atoms with E-state index in [1.165, 1.54) is 30.4 Å². The Bertz CT molecular complexity index is 4190. The van der Waals surface area contributed by atoms with Crippen molar-refractivity contribution in [1.82, 2.24) is 39.8 Å². The molecule has 10 atom stereocenters. The first-order chi connectivity index (χ1) is 47.5. The zero-order valence-electron chi connectivity index (χ0n) is 57.6. The van der Waals surface area contributed by atoms with Crippen LogP contribution in [0.3, 0.4) is 0 Å². The fourth-order valence-corrected chi connectivity index (χ4v) is 15.4. The van der Waals surface area contributed by atoms with Crippen LogP contribution in [-0.4, -0.2) is 194 Å². The van der Waals surface area contributed by atoms with Crippen molar-refractivity contribution in [2.45, 2.75) is 177 Å². The number of carboxylic acid groups (broad SMARTS) is 1. The molecule has 2 aromatic carbocycles. The summed E-state index contributed by atoms with van der Waals surface area (Å²) in [7, 11) is -3.58. The lowest BCUT2D eigenvalue weighted by Crippen LogP contribution is -2.53. The monoisotopic (exact) mass is 1440 g/mol. The molecule has 546 valence electrons. The van der Waals surface area contributed by atoms with E-state index in [1.54, 1.807) is 103 Å². The number of benzene rings is 2. The number of carbonyl (C=O) groups is 10. The molecule has 10 rings (SSSR count). The van der Waals surface area contributed by atoms with Gasteiger partial charge in [0.2, 0.25) is 55.4 Å². The molecule has 0 spiro atoms. The van der Waals surface area contributed by atoms with Crippen LogP contribution in [0.5, 0.6) is 23.3 Å². The van der Waals surface area contributed by atoms with Gasteiger partial charge < -0.3 is 58.7 Å². The van der Waals surface area contributed by atoms with Gasteiger partial charge in [-0.15, -0.1) is 13.2 Å². The molecular formula is C69H86N8O22S2. The Kier molecular flexibility index (Phi) is 22.5. The third-order valence-electron chi connectivity index (χ3n) is 18.3. The number of fused-ring (bicyclic) bond motifs is 2. The Morgan fingerprint density at radius 1 is 0.604 bits per heavy atom. The number of hydrogen-bond acceptors (Lipinski definition) is 23. The Morgan fingerprint density at radius 2 is 0.990 bits per heavy atom. The molecule has 4 heterocycles. The van der Waals surface area contributed by atoms with E-state index >= 15 is 0 Å². The first-order valence-corrected chi connectivity index (χ1v) is 36.1. The quantitative estimate of drug-likeness (QED) is 0.0265. The summed E-state index contributed by atoms with van der Waals surface area (Å²) in [5.74, 6) is -5.77. The van der Waals surface area contributed by atoms with Crippen molar-refractivity contribution in [2.75, 3.05) is 34.4 Å². The second kappa shape index (κ2) is 30.0. The fraction of sp³-hybridized carbons (Fsp3) is 0.536. The number of nitrogens with zero attached hydrogens (tertiary/aromatic N) is 4. The van der Waals surface area contributed by atoms with Crippen LogP contribution in [0.4, 0.5) is 9.59 Å². The number of aromatic nitrogens is 2. The van der Waals surface area contributed by atoms with E-state index in [0.717, 1.165) is 22.8 Å². The number of amides is 6. The second-order valence-corrected chi connectivity index (χ2v) is 32.1. The van der Waals surface area contributed by atoms with Crippen molar-refractivity contribution in [3.05, 3.63) is 86.2 Å². The SMILES string of the molecule is C=C[C@@H]1C[C@]1(CC(=O)[C@@H]1C[C@@H](Oc2nccc3cc(OC)ccc23)CN1C(=O)[C@H](CC(=O)O)NC(=O)OC(C)(C)C)C(=O)NS(=O)(=O)C1CC1.C=C[C@@H]1C[C@]1(CC(=O)[C@@H]1C[C@@H](Oc2nccc3cc(OC)ccc23)CN1C(=O)[C@H](CC(=O)OC)NC(=O)OC(C)(C)C)C(=O)NS(=O)(=O)C1CC1. The normalized spacial score (nSPS) is 23.6. The van der Waals surface area contributed by atoms with Crippen molar-refractivity contribution in [3.63, 3.8) is 0 Å². The number of pyridine rings is 2. The van der Waals surface area contributed by atoms with Crippen LogP contribution < -0.4 is 39.0 Å². The number of sulfonamides is 2. The maximum Gasteiger partial charge on any atom is 0.408 e. The number of carbonyl (C=O) groups excluding carboxylic acids is 9. The predicted octanol–water partition coefficient (Wildman–Crippen LogP) is 5.53. The van der Waals surface area contributed by atoms with Gasteiger partial charge in [0.1, 0.15) is 47.0 Å². The minimum absolute atomic E-state index is 0.0208. The number of carboxylic acids is 1. The molecule has 2 aliphatic heterocycles. The van der Waals surface area contributed by atoms with E-state index in [4.69, 9.17) is 33.2 Å². The molecule has 6 fully saturated rings. The summed E-state index contributed by atoms with van der Waals surface area (Å²) >= 11 is 0. The number of nitrogens with one attached hydrogen (secondary N) is 4. The maximum atomic E-state index is 14.2. The van der Waals surface area contributed by atoms with Gasteiger partial charge in [0, 0.05) is 48.8 Å². The van der Waals surface area contributed by atoms with Crippen molar-refractivity contribution < 1.29 is 103 Å². The third kappa shape index (κ3) is 18.4. The number of alkyl carbamates (subject to hydrolysis) is 2. The Balaban J connectivity index is 0.000000235. The zero-order chi connectivity index (χ0) is 73.9. The van der Waals surface area contributed by atoms with Crippen LogP contribution in [0.1, 0.15) is 119 Å². The maximum absolute atomic E-state index is 14.2. The predicted molar refractivity (Wildman–Crippen MR) is 362 cm³/mol. The van der Waals surface area contributed by atoms with E-state index in [-0.39, 0.29) is 57.0 Å². The summed E-state index contributed by atoms with van der Waals surface area (Å²) in [6, 6.07) is 8.66. The van der Waals surface area contributed by atoms with Crippen LogP contribution in [0, 0.1) is 22.7 Å². The zero-order valence-corrected chi connectivity index (χ0v) is 59.3. The van der Waals surface area contributed by atoms with Crippen molar-refractivity contribution in [1.29, 1.82) is 0 Å². The minimum atomic E-state index is -3.91. The van der Waals surface area contributed by atoms with Gasteiger partial charge in [0.05, 0.1) is 80.7 Å². The van der Waals surface area contributed by atoms with Gasteiger partial charge in [-0.05, 0) is 151 Å². The minimum Gasteiger partial charge on any atom is -0.497 e. The van der Waals surface area contributed by atoms with Crippen LogP contribution >= 0.6 is 0 Å². The average Bonchev–Trinajstić information content (AvgIpc) is 1.58.